The van der Waals surface area contributed by atoms with Crippen LogP contribution in [-0.4, -0.2) is 20.9 Å². The Morgan fingerprint density at radius 1 is 1.47 bits per heavy atom. The van der Waals surface area contributed by atoms with Crippen LogP contribution in [-0.2, 0) is 11.8 Å². The van der Waals surface area contributed by atoms with E-state index in [4.69, 9.17) is 5.41 Å². The number of rotatable bonds is 1. The molecular weight excluding hydrogens is 236 g/mol. The molecule has 1 aliphatic rings. The van der Waals surface area contributed by atoms with Gasteiger partial charge in [-0.2, -0.15) is 5.10 Å². The minimum atomic E-state index is -0.409. The highest BCUT2D eigenvalue weighted by atomic mass is 32.2. The van der Waals surface area contributed by atoms with Crippen molar-refractivity contribution in [2.45, 2.75) is 5.25 Å². The normalized spacial score (nSPS) is 19.9. The number of thioether (sulfide) groups is 1. The average Bonchev–Trinajstić information content (AvgIpc) is 2.80. The topological polar surface area (TPSA) is 70.8 Å². The van der Waals surface area contributed by atoms with Gasteiger partial charge < -0.3 is 5.32 Å². The number of aryl methyl sites for hydroxylation is 1. The van der Waals surface area contributed by atoms with Crippen LogP contribution >= 0.6 is 11.8 Å². The summed E-state index contributed by atoms with van der Waals surface area (Å²) in [6, 6.07) is 7.79. The zero-order valence-electron chi connectivity index (χ0n) is 9.10. The summed E-state index contributed by atoms with van der Waals surface area (Å²) < 4.78 is 1.76. The van der Waals surface area contributed by atoms with Crippen LogP contribution < -0.4 is 5.32 Å². The van der Waals surface area contributed by atoms with Crippen LogP contribution in [0.4, 0.5) is 0 Å². The summed E-state index contributed by atoms with van der Waals surface area (Å²) >= 11 is 1.20. The summed E-state index contributed by atoms with van der Waals surface area (Å²) in [5.41, 5.74) is 1.72. The summed E-state index contributed by atoms with van der Waals surface area (Å²) in [5.74, 6) is -0.163. The fraction of sp³-hybridized carbons (Fsp3) is 0.182. The molecule has 1 fully saturated rings. The van der Waals surface area contributed by atoms with Crippen LogP contribution in [0.15, 0.2) is 24.3 Å². The van der Waals surface area contributed by atoms with Crippen molar-refractivity contribution in [2.24, 2.45) is 7.05 Å². The summed E-state index contributed by atoms with van der Waals surface area (Å²) in [7, 11) is 1.86. The van der Waals surface area contributed by atoms with E-state index in [2.05, 4.69) is 10.4 Å². The molecule has 86 valence electrons. The number of para-hydroxylation sites is 1. The molecule has 0 aliphatic carbocycles. The first-order valence-electron chi connectivity index (χ1n) is 5.14. The number of carbonyl (C=O) groups is 1. The number of nitrogens with one attached hydrogen (secondary N) is 2. The number of benzene rings is 1. The Kier molecular flexibility index (Phi) is 2.19. The first-order valence-corrected chi connectivity index (χ1v) is 6.02. The first-order chi connectivity index (χ1) is 8.16. The van der Waals surface area contributed by atoms with Gasteiger partial charge in [0, 0.05) is 12.4 Å². The molecule has 0 bridgehead atoms. The average molecular weight is 246 g/mol. The van der Waals surface area contributed by atoms with Gasteiger partial charge in [-0.15, -0.1) is 0 Å². The molecule has 2 heterocycles. The van der Waals surface area contributed by atoms with E-state index in [0.717, 1.165) is 16.6 Å². The molecule has 0 radical (unpaired) electrons. The quantitative estimate of drug-likeness (QED) is 0.799. The van der Waals surface area contributed by atoms with E-state index in [0.29, 0.717) is 0 Å². The Bertz CT molecular complexity index is 633. The Balaban J connectivity index is 2.18. The molecule has 1 unspecified atom stereocenters. The van der Waals surface area contributed by atoms with Gasteiger partial charge in [0.2, 0.25) is 5.91 Å². The molecule has 3 rings (SSSR count). The van der Waals surface area contributed by atoms with Gasteiger partial charge >= 0.3 is 0 Å². The smallest absolute Gasteiger partial charge is 0.245 e. The second-order valence-electron chi connectivity index (χ2n) is 3.84. The molecule has 5 nitrogen and oxygen atoms in total. The maximum Gasteiger partial charge on any atom is 0.245 e. The van der Waals surface area contributed by atoms with Gasteiger partial charge in [0.25, 0.3) is 0 Å². The van der Waals surface area contributed by atoms with Crippen molar-refractivity contribution in [3.8, 4) is 0 Å². The first kappa shape index (κ1) is 10.3. The van der Waals surface area contributed by atoms with Gasteiger partial charge in [-0.25, -0.2) is 0 Å². The molecule has 1 aliphatic heterocycles. The lowest BCUT2D eigenvalue weighted by molar-refractivity contribution is -0.118. The summed E-state index contributed by atoms with van der Waals surface area (Å²) in [6.07, 6.45) is 0. The highest BCUT2D eigenvalue weighted by Gasteiger charge is 2.34. The Morgan fingerprint density at radius 3 is 2.94 bits per heavy atom. The van der Waals surface area contributed by atoms with E-state index >= 15 is 0 Å². The van der Waals surface area contributed by atoms with Crippen molar-refractivity contribution in [2.75, 3.05) is 0 Å². The van der Waals surface area contributed by atoms with Gasteiger partial charge in [-0.3, -0.25) is 14.9 Å². The molecular formula is C11H10N4OS. The zero-order valence-corrected chi connectivity index (χ0v) is 9.91. The number of amides is 1. The minimum absolute atomic E-state index is 0.163. The molecule has 2 N–H and O–H groups in total. The fourth-order valence-electron chi connectivity index (χ4n) is 1.99. The van der Waals surface area contributed by atoms with Crippen LogP contribution in [0, 0.1) is 5.41 Å². The van der Waals surface area contributed by atoms with Gasteiger partial charge in [0.1, 0.15) is 5.25 Å². The molecule has 1 amide bonds. The number of hydrogen-bond acceptors (Lipinski definition) is 4. The third-order valence-electron chi connectivity index (χ3n) is 2.75. The number of nitrogens with zero attached hydrogens (tertiary/aromatic N) is 2. The molecule has 2 aromatic rings. The Hall–Kier alpha value is -1.82. The number of hydrogen-bond donors (Lipinski definition) is 2. The molecule has 0 spiro atoms. The summed E-state index contributed by atoms with van der Waals surface area (Å²) in [6.45, 7) is 0. The maximum absolute atomic E-state index is 11.7. The van der Waals surface area contributed by atoms with E-state index in [1.54, 1.807) is 4.68 Å². The predicted octanol–water partition coefficient (Wildman–Crippen LogP) is 1.41. The van der Waals surface area contributed by atoms with E-state index in [1.807, 2.05) is 31.3 Å². The summed E-state index contributed by atoms with van der Waals surface area (Å²) in [4.78, 5) is 11.7. The van der Waals surface area contributed by atoms with Gasteiger partial charge in [0.15, 0.2) is 5.17 Å². The highest BCUT2D eigenvalue weighted by molar-refractivity contribution is 8.15. The van der Waals surface area contributed by atoms with Crippen molar-refractivity contribution in [3.63, 3.8) is 0 Å². The Labute approximate surface area is 102 Å². The summed E-state index contributed by atoms with van der Waals surface area (Å²) in [5, 5.41) is 15.1. The molecule has 0 saturated carbocycles. The van der Waals surface area contributed by atoms with Crippen LogP contribution in [0.2, 0.25) is 0 Å². The van der Waals surface area contributed by atoms with Gasteiger partial charge in [-0.05, 0) is 6.07 Å². The minimum Gasteiger partial charge on any atom is -0.304 e. The predicted molar refractivity (Wildman–Crippen MR) is 66.9 cm³/mol. The van der Waals surface area contributed by atoms with Gasteiger partial charge in [-0.1, -0.05) is 30.0 Å². The standard InChI is InChI=1S/C11H10N4OS/c1-15-7-5-3-2-4-6(7)8(14-15)9-10(16)13-11(12)17-9/h2-5,9H,1H3,(H2,12,13,16). The van der Waals surface area contributed by atoms with Crippen LogP contribution in [0.1, 0.15) is 10.9 Å². The second kappa shape index (κ2) is 3.59. The number of fused-ring (bicyclic) bond motifs is 1. The maximum atomic E-state index is 11.7. The monoisotopic (exact) mass is 246 g/mol. The van der Waals surface area contributed by atoms with E-state index in [9.17, 15) is 4.79 Å². The van der Waals surface area contributed by atoms with Crippen molar-refractivity contribution in [3.05, 3.63) is 30.0 Å². The van der Waals surface area contributed by atoms with E-state index in [-0.39, 0.29) is 11.1 Å². The number of carbonyl (C=O) groups excluding carboxylic acids is 1. The third kappa shape index (κ3) is 1.52. The van der Waals surface area contributed by atoms with Crippen LogP contribution in [0.25, 0.3) is 10.9 Å². The number of amidine groups is 1. The van der Waals surface area contributed by atoms with Gasteiger partial charge in [0.05, 0.1) is 11.2 Å². The molecule has 1 aromatic heterocycles. The van der Waals surface area contributed by atoms with Crippen molar-refractivity contribution in [1.82, 2.24) is 15.1 Å². The lowest BCUT2D eigenvalue weighted by Crippen LogP contribution is -2.21. The van der Waals surface area contributed by atoms with Crippen LogP contribution in [0.3, 0.4) is 0 Å². The lowest BCUT2D eigenvalue weighted by Gasteiger charge is -2.00. The fourth-order valence-corrected chi connectivity index (χ4v) is 2.84. The van der Waals surface area contributed by atoms with Crippen molar-refractivity contribution < 1.29 is 4.79 Å². The third-order valence-corrected chi connectivity index (χ3v) is 3.76. The SMILES string of the molecule is Cn1nc(C2SC(=N)NC2=O)c2ccccc21. The molecule has 1 aromatic carbocycles. The van der Waals surface area contributed by atoms with Crippen LogP contribution in [0.5, 0.6) is 0 Å². The van der Waals surface area contributed by atoms with E-state index < -0.39 is 5.25 Å². The second-order valence-corrected chi connectivity index (χ2v) is 4.96. The lowest BCUT2D eigenvalue weighted by atomic mass is 10.1. The zero-order chi connectivity index (χ0) is 12.0. The van der Waals surface area contributed by atoms with E-state index in [1.165, 1.54) is 11.8 Å². The largest absolute Gasteiger partial charge is 0.304 e. The van der Waals surface area contributed by atoms with Crippen molar-refractivity contribution >= 4 is 33.7 Å². The number of aromatic nitrogens is 2. The molecule has 17 heavy (non-hydrogen) atoms. The molecule has 1 saturated heterocycles. The molecule has 6 heteroatoms. The Morgan fingerprint density at radius 2 is 2.24 bits per heavy atom. The molecule has 1 atom stereocenters. The highest BCUT2D eigenvalue weighted by Crippen LogP contribution is 2.36. The van der Waals surface area contributed by atoms with Crippen molar-refractivity contribution in [1.29, 1.82) is 5.41 Å².